The molecule has 0 aliphatic carbocycles. The van der Waals surface area contributed by atoms with Gasteiger partial charge < -0.3 is 9.30 Å². The van der Waals surface area contributed by atoms with Crippen molar-refractivity contribution in [1.29, 1.82) is 0 Å². The molecule has 2 aliphatic heterocycles. The fourth-order valence-corrected chi connectivity index (χ4v) is 5.08. The van der Waals surface area contributed by atoms with Crippen LogP contribution in [0, 0.1) is 13.8 Å². The molecule has 4 heterocycles. The Hall–Kier alpha value is -1.17. The van der Waals surface area contributed by atoms with E-state index in [0.29, 0.717) is 12.0 Å². The standard InChI is InChI=1S/C19H27N3OS/c1-14-6-10-24-18(14)13-21-7-3-17(12-21)22-15(2)11-20-19(22)16-4-8-23-9-5-16/h6,10-11,16-17H,3-5,7-9,12-13H2,1-2H3. The summed E-state index contributed by atoms with van der Waals surface area (Å²) in [6, 6.07) is 2.81. The molecule has 0 N–H and O–H groups in total. The lowest BCUT2D eigenvalue weighted by Gasteiger charge is -2.26. The number of rotatable bonds is 4. The summed E-state index contributed by atoms with van der Waals surface area (Å²) in [4.78, 5) is 8.91. The van der Waals surface area contributed by atoms with Crippen LogP contribution in [-0.4, -0.2) is 40.8 Å². The first-order valence-electron chi connectivity index (χ1n) is 9.09. The van der Waals surface area contributed by atoms with E-state index in [2.05, 4.69) is 41.0 Å². The van der Waals surface area contributed by atoms with Crippen molar-refractivity contribution in [2.24, 2.45) is 0 Å². The van der Waals surface area contributed by atoms with Crippen molar-refractivity contribution >= 4 is 11.3 Å². The molecular weight excluding hydrogens is 318 g/mol. The SMILES string of the molecule is Cc1ccsc1CN1CCC(n2c(C)cnc2C2CCOCC2)C1. The molecule has 2 aromatic heterocycles. The molecule has 2 aromatic rings. The van der Waals surface area contributed by atoms with E-state index < -0.39 is 0 Å². The summed E-state index contributed by atoms with van der Waals surface area (Å²) in [6.45, 7) is 9.62. The van der Waals surface area contributed by atoms with Crippen molar-refractivity contribution in [2.45, 2.75) is 51.6 Å². The first kappa shape index (κ1) is 16.3. The van der Waals surface area contributed by atoms with E-state index in [4.69, 9.17) is 9.72 Å². The smallest absolute Gasteiger partial charge is 0.112 e. The number of ether oxygens (including phenoxy) is 1. The van der Waals surface area contributed by atoms with Crippen LogP contribution in [-0.2, 0) is 11.3 Å². The maximum absolute atomic E-state index is 5.54. The molecule has 0 saturated carbocycles. The number of thiophene rings is 1. The highest BCUT2D eigenvalue weighted by molar-refractivity contribution is 7.10. The van der Waals surface area contributed by atoms with Gasteiger partial charge in [0, 0.05) is 61.6 Å². The summed E-state index contributed by atoms with van der Waals surface area (Å²) < 4.78 is 8.08. The van der Waals surface area contributed by atoms with Gasteiger partial charge in [-0.1, -0.05) is 0 Å². The average molecular weight is 346 g/mol. The van der Waals surface area contributed by atoms with Gasteiger partial charge in [0.2, 0.25) is 0 Å². The highest BCUT2D eigenvalue weighted by Crippen LogP contribution is 2.33. The van der Waals surface area contributed by atoms with Gasteiger partial charge in [0.05, 0.1) is 0 Å². The Morgan fingerprint density at radius 1 is 1.25 bits per heavy atom. The zero-order valence-corrected chi connectivity index (χ0v) is 15.5. The number of nitrogens with zero attached hydrogens (tertiary/aromatic N) is 3. The predicted molar refractivity (Wildman–Crippen MR) is 97.7 cm³/mol. The van der Waals surface area contributed by atoms with Crippen LogP contribution in [0.4, 0.5) is 0 Å². The predicted octanol–water partition coefficient (Wildman–Crippen LogP) is 3.90. The minimum Gasteiger partial charge on any atom is -0.381 e. The Morgan fingerprint density at radius 2 is 2.08 bits per heavy atom. The first-order valence-corrected chi connectivity index (χ1v) is 9.97. The molecule has 1 atom stereocenters. The second-order valence-electron chi connectivity index (χ2n) is 7.22. The number of likely N-dealkylation sites (tertiary alicyclic amines) is 1. The third kappa shape index (κ3) is 3.17. The average Bonchev–Trinajstić information content (AvgIpc) is 3.30. The van der Waals surface area contributed by atoms with Gasteiger partial charge in [-0.15, -0.1) is 11.3 Å². The van der Waals surface area contributed by atoms with E-state index in [1.165, 1.54) is 34.9 Å². The van der Waals surface area contributed by atoms with E-state index in [1.54, 1.807) is 0 Å². The molecule has 0 bridgehead atoms. The maximum atomic E-state index is 5.54. The van der Waals surface area contributed by atoms with Crippen LogP contribution >= 0.6 is 11.3 Å². The van der Waals surface area contributed by atoms with Crippen LogP contribution in [0.2, 0.25) is 0 Å². The molecule has 0 spiro atoms. The summed E-state index contributed by atoms with van der Waals surface area (Å²) in [6.07, 6.45) is 5.53. The Bertz CT molecular complexity index is 687. The van der Waals surface area contributed by atoms with Crippen molar-refractivity contribution in [1.82, 2.24) is 14.5 Å². The van der Waals surface area contributed by atoms with Crippen LogP contribution in [0.1, 0.15) is 53.2 Å². The lowest BCUT2D eigenvalue weighted by atomic mass is 9.99. The van der Waals surface area contributed by atoms with Crippen LogP contribution in [0.15, 0.2) is 17.6 Å². The first-order chi connectivity index (χ1) is 11.7. The molecule has 5 heteroatoms. The summed E-state index contributed by atoms with van der Waals surface area (Å²) in [5, 5.41) is 2.21. The number of hydrogen-bond donors (Lipinski definition) is 0. The second kappa shape index (κ2) is 6.98. The zero-order chi connectivity index (χ0) is 16.5. The van der Waals surface area contributed by atoms with Gasteiger partial charge in [-0.05, 0) is 50.1 Å². The Balaban J connectivity index is 1.48. The topological polar surface area (TPSA) is 30.3 Å². The molecule has 0 radical (unpaired) electrons. The van der Waals surface area contributed by atoms with Gasteiger partial charge in [-0.2, -0.15) is 0 Å². The van der Waals surface area contributed by atoms with Crippen LogP contribution < -0.4 is 0 Å². The molecule has 4 rings (SSSR count). The summed E-state index contributed by atoms with van der Waals surface area (Å²) in [5.74, 6) is 1.87. The lowest BCUT2D eigenvalue weighted by molar-refractivity contribution is 0.0824. The number of aromatic nitrogens is 2. The van der Waals surface area contributed by atoms with Crippen molar-refractivity contribution in [3.8, 4) is 0 Å². The Labute approximate surface area is 148 Å². The zero-order valence-electron chi connectivity index (χ0n) is 14.7. The summed E-state index contributed by atoms with van der Waals surface area (Å²) in [7, 11) is 0. The van der Waals surface area contributed by atoms with Crippen molar-refractivity contribution in [2.75, 3.05) is 26.3 Å². The van der Waals surface area contributed by atoms with Gasteiger partial charge in [-0.25, -0.2) is 4.98 Å². The minimum absolute atomic E-state index is 0.570. The largest absolute Gasteiger partial charge is 0.381 e. The van der Waals surface area contributed by atoms with Gasteiger partial charge >= 0.3 is 0 Å². The highest BCUT2D eigenvalue weighted by Gasteiger charge is 2.30. The molecule has 2 saturated heterocycles. The van der Waals surface area contributed by atoms with E-state index >= 15 is 0 Å². The van der Waals surface area contributed by atoms with E-state index in [1.807, 2.05) is 11.3 Å². The Morgan fingerprint density at radius 3 is 2.83 bits per heavy atom. The number of aryl methyl sites for hydroxylation is 2. The van der Waals surface area contributed by atoms with Crippen LogP contribution in [0.5, 0.6) is 0 Å². The maximum Gasteiger partial charge on any atom is 0.112 e. The third-order valence-electron chi connectivity index (χ3n) is 5.54. The monoisotopic (exact) mass is 345 g/mol. The molecule has 0 aromatic carbocycles. The molecule has 24 heavy (non-hydrogen) atoms. The van der Waals surface area contributed by atoms with Crippen molar-refractivity contribution < 1.29 is 4.74 Å². The quantitative estimate of drug-likeness (QED) is 0.842. The number of imidazole rings is 1. The molecule has 130 valence electrons. The van der Waals surface area contributed by atoms with Gasteiger partial charge in [0.15, 0.2) is 0 Å². The Kier molecular flexibility index (Phi) is 4.74. The lowest BCUT2D eigenvalue weighted by Crippen LogP contribution is -2.24. The van der Waals surface area contributed by atoms with Gasteiger partial charge in [-0.3, -0.25) is 4.90 Å². The molecule has 1 unspecified atom stereocenters. The third-order valence-corrected chi connectivity index (χ3v) is 6.55. The summed E-state index contributed by atoms with van der Waals surface area (Å²) >= 11 is 1.89. The van der Waals surface area contributed by atoms with Crippen molar-refractivity contribution in [3.63, 3.8) is 0 Å². The molecule has 2 aliphatic rings. The molecule has 0 amide bonds. The highest BCUT2D eigenvalue weighted by atomic mass is 32.1. The minimum atomic E-state index is 0.570. The van der Waals surface area contributed by atoms with E-state index in [-0.39, 0.29) is 0 Å². The molecular formula is C19H27N3OS. The van der Waals surface area contributed by atoms with Crippen LogP contribution in [0.25, 0.3) is 0 Å². The van der Waals surface area contributed by atoms with E-state index in [0.717, 1.165) is 39.1 Å². The van der Waals surface area contributed by atoms with Gasteiger partial charge in [0.1, 0.15) is 5.82 Å². The second-order valence-corrected chi connectivity index (χ2v) is 8.22. The number of hydrogen-bond acceptors (Lipinski definition) is 4. The normalized spacial score (nSPS) is 23.2. The van der Waals surface area contributed by atoms with E-state index in [9.17, 15) is 0 Å². The molecule has 2 fully saturated rings. The van der Waals surface area contributed by atoms with Gasteiger partial charge in [0.25, 0.3) is 0 Å². The van der Waals surface area contributed by atoms with Crippen LogP contribution in [0.3, 0.4) is 0 Å². The van der Waals surface area contributed by atoms with Crippen molar-refractivity contribution in [3.05, 3.63) is 39.6 Å². The fourth-order valence-electron chi connectivity index (χ4n) is 4.13. The molecule has 4 nitrogen and oxygen atoms in total. The fraction of sp³-hybridized carbons (Fsp3) is 0.632. The summed E-state index contributed by atoms with van der Waals surface area (Å²) in [5.41, 5.74) is 2.75.